The highest BCUT2D eigenvalue weighted by Crippen LogP contribution is 2.15. The van der Waals surface area contributed by atoms with Gasteiger partial charge in [-0.25, -0.2) is 14.8 Å². The van der Waals surface area contributed by atoms with E-state index in [4.69, 9.17) is 14.6 Å². The molecule has 3 aromatic rings. The number of hydrogen-bond donors (Lipinski definition) is 2. The minimum atomic E-state index is -5.08. The number of aliphatic carboxylic acids is 1. The zero-order chi connectivity index (χ0) is 19.7. The second-order valence-electron chi connectivity index (χ2n) is 5.28. The first-order chi connectivity index (χ1) is 12.9. The van der Waals surface area contributed by atoms with Crippen molar-refractivity contribution in [1.29, 1.82) is 0 Å². The molecule has 2 heterocycles. The number of benzene rings is 1. The summed E-state index contributed by atoms with van der Waals surface area (Å²) in [5.74, 6) is -1.87. The van der Waals surface area contributed by atoms with E-state index in [1.54, 1.807) is 18.9 Å². The van der Waals surface area contributed by atoms with E-state index < -0.39 is 12.1 Å². The van der Waals surface area contributed by atoms with E-state index in [9.17, 15) is 13.2 Å². The number of aromatic nitrogens is 4. The Hall–Kier alpha value is -3.30. The molecule has 0 spiro atoms. The molecule has 27 heavy (non-hydrogen) atoms. The van der Waals surface area contributed by atoms with Crippen LogP contribution in [0.15, 0.2) is 55.5 Å². The smallest absolute Gasteiger partial charge is 0.490 e. The van der Waals surface area contributed by atoms with Crippen molar-refractivity contribution in [3.8, 4) is 11.4 Å². The van der Waals surface area contributed by atoms with Crippen molar-refractivity contribution in [3.05, 3.63) is 61.2 Å². The van der Waals surface area contributed by atoms with Crippen LogP contribution in [0.4, 0.5) is 13.2 Å². The first-order valence-corrected chi connectivity index (χ1v) is 7.85. The SMILES string of the molecule is O=C(O)C(F)(F)F.c1cn(-c2ccc(OCCCc3c[nH]cn3)cc2)cn1. The standard InChI is InChI=1S/C15H16N4O.C2HF3O2/c1(2-13-10-17-11-18-13)9-20-15-5-3-14(4-6-15)19-8-7-16-12-19;3-2(4,5)1(6)7/h3-8,10-12H,1-2,9H2,(H,17,18);(H,6,7). The molecular weight excluding hydrogens is 365 g/mol. The number of nitrogens with zero attached hydrogens (tertiary/aromatic N) is 3. The van der Waals surface area contributed by atoms with E-state index in [-0.39, 0.29) is 0 Å². The number of rotatable bonds is 6. The molecule has 2 N–H and O–H groups in total. The van der Waals surface area contributed by atoms with Crippen molar-refractivity contribution < 1.29 is 27.8 Å². The minimum absolute atomic E-state index is 0.692. The lowest BCUT2D eigenvalue weighted by Crippen LogP contribution is -2.21. The monoisotopic (exact) mass is 382 g/mol. The summed E-state index contributed by atoms with van der Waals surface area (Å²) in [6.07, 6.45) is 5.87. The van der Waals surface area contributed by atoms with Crippen LogP contribution in [0.25, 0.3) is 5.69 Å². The predicted octanol–water partition coefficient (Wildman–Crippen LogP) is 3.24. The van der Waals surface area contributed by atoms with Crippen LogP contribution in [0.3, 0.4) is 0 Å². The molecule has 0 bridgehead atoms. The molecule has 0 aliphatic carbocycles. The molecule has 7 nitrogen and oxygen atoms in total. The number of nitrogens with one attached hydrogen (secondary N) is 1. The summed E-state index contributed by atoms with van der Waals surface area (Å²) in [5.41, 5.74) is 2.15. The fraction of sp³-hybridized carbons (Fsp3) is 0.235. The van der Waals surface area contributed by atoms with Gasteiger partial charge in [0.15, 0.2) is 0 Å². The fourth-order valence-electron chi connectivity index (χ4n) is 2.00. The van der Waals surface area contributed by atoms with E-state index in [1.165, 1.54) is 0 Å². The van der Waals surface area contributed by atoms with Gasteiger partial charge in [-0.1, -0.05) is 0 Å². The summed E-state index contributed by atoms with van der Waals surface area (Å²) in [7, 11) is 0. The molecule has 0 saturated heterocycles. The summed E-state index contributed by atoms with van der Waals surface area (Å²) in [4.78, 5) is 20.1. The van der Waals surface area contributed by atoms with Crippen molar-refractivity contribution in [1.82, 2.24) is 19.5 Å². The second kappa shape index (κ2) is 9.41. The Labute approximate surface area is 152 Å². The van der Waals surface area contributed by atoms with Gasteiger partial charge in [0, 0.05) is 24.3 Å². The highest BCUT2D eigenvalue weighted by molar-refractivity contribution is 5.73. The first kappa shape index (κ1) is 20.0. The number of alkyl halides is 3. The van der Waals surface area contributed by atoms with E-state index in [2.05, 4.69) is 15.0 Å². The summed E-state index contributed by atoms with van der Waals surface area (Å²) in [5, 5.41) is 7.12. The van der Waals surface area contributed by atoms with Crippen molar-refractivity contribution in [3.63, 3.8) is 0 Å². The van der Waals surface area contributed by atoms with Crippen LogP contribution in [-0.2, 0) is 11.2 Å². The molecule has 0 radical (unpaired) electrons. The molecule has 10 heteroatoms. The molecule has 2 aromatic heterocycles. The summed E-state index contributed by atoms with van der Waals surface area (Å²) in [6.45, 7) is 0.692. The third-order valence-electron chi connectivity index (χ3n) is 3.28. The minimum Gasteiger partial charge on any atom is -0.494 e. The Morgan fingerprint density at radius 3 is 2.48 bits per heavy atom. The molecule has 0 fully saturated rings. The van der Waals surface area contributed by atoms with Gasteiger partial charge in [-0.3, -0.25) is 0 Å². The largest absolute Gasteiger partial charge is 0.494 e. The number of aromatic amines is 1. The van der Waals surface area contributed by atoms with Crippen LogP contribution >= 0.6 is 0 Å². The fourth-order valence-corrected chi connectivity index (χ4v) is 2.00. The maximum absolute atomic E-state index is 10.6. The third kappa shape index (κ3) is 6.84. The van der Waals surface area contributed by atoms with E-state index >= 15 is 0 Å². The number of carbonyl (C=O) groups is 1. The lowest BCUT2D eigenvalue weighted by atomic mass is 10.2. The molecule has 1 aromatic carbocycles. The topological polar surface area (TPSA) is 93.0 Å². The molecule has 0 amide bonds. The maximum Gasteiger partial charge on any atom is 0.490 e. The highest BCUT2D eigenvalue weighted by Gasteiger charge is 2.38. The molecule has 0 aliphatic heterocycles. The third-order valence-corrected chi connectivity index (χ3v) is 3.28. The van der Waals surface area contributed by atoms with Gasteiger partial charge in [0.2, 0.25) is 0 Å². The Morgan fingerprint density at radius 1 is 1.26 bits per heavy atom. The average Bonchev–Trinajstić information content (AvgIpc) is 3.33. The molecule has 0 saturated carbocycles. The van der Waals surface area contributed by atoms with Crippen LogP contribution < -0.4 is 4.74 Å². The van der Waals surface area contributed by atoms with Crippen LogP contribution in [0.5, 0.6) is 5.75 Å². The van der Waals surface area contributed by atoms with E-state index in [0.717, 1.165) is 30.0 Å². The van der Waals surface area contributed by atoms with E-state index in [0.29, 0.717) is 6.61 Å². The van der Waals surface area contributed by atoms with Gasteiger partial charge in [-0.05, 0) is 37.1 Å². The van der Waals surface area contributed by atoms with Gasteiger partial charge in [-0.2, -0.15) is 13.2 Å². The Bertz CT molecular complexity index is 801. The zero-order valence-electron chi connectivity index (χ0n) is 14.1. The van der Waals surface area contributed by atoms with Gasteiger partial charge in [0.05, 0.1) is 25.0 Å². The van der Waals surface area contributed by atoms with Crippen molar-refractivity contribution >= 4 is 5.97 Å². The number of halogens is 3. The van der Waals surface area contributed by atoms with Crippen molar-refractivity contribution in [2.75, 3.05) is 6.61 Å². The molecule has 3 rings (SSSR count). The van der Waals surface area contributed by atoms with Crippen LogP contribution in [-0.4, -0.2) is 43.4 Å². The Morgan fingerprint density at radius 2 is 1.96 bits per heavy atom. The van der Waals surface area contributed by atoms with Gasteiger partial charge < -0.3 is 19.4 Å². The number of hydrogen-bond acceptors (Lipinski definition) is 4. The molecule has 0 atom stereocenters. The molecule has 0 unspecified atom stereocenters. The number of aryl methyl sites for hydroxylation is 1. The normalized spacial score (nSPS) is 10.8. The maximum atomic E-state index is 10.6. The lowest BCUT2D eigenvalue weighted by Gasteiger charge is -2.07. The van der Waals surface area contributed by atoms with Gasteiger partial charge in [0.25, 0.3) is 0 Å². The molecular formula is C17H17F3N4O3. The van der Waals surface area contributed by atoms with Gasteiger partial charge in [0.1, 0.15) is 5.75 Å². The predicted molar refractivity (Wildman–Crippen MR) is 89.7 cm³/mol. The summed E-state index contributed by atoms with van der Waals surface area (Å²) in [6, 6.07) is 7.99. The van der Waals surface area contributed by atoms with Crippen molar-refractivity contribution in [2.24, 2.45) is 0 Å². The number of ether oxygens (including phenoxy) is 1. The first-order valence-electron chi connectivity index (χ1n) is 7.85. The number of H-pyrrole nitrogens is 1. The summed E-state index contributed by atoms with van der Waals surface area (Å²) >= 11 is 0. The quantitative estimate of drug-likeness (QED) is 0.639. The summed E-state index contributed by atoms with van der Waals surface area (Å²) < 4.78 is 39.4. The van der Waals surface area contributed by atoms with E-state index in [1.807, 2.05) is 41.2 Å². The Kier molecular flexibility index (Phi) is 6.98. The van der Waals surface area contributed by atoms with Crippen LogP contribution in [0.2, 0.25) is 0 Å². The molecule has 144 valence electrons. The number of carboxylic acids is 1. The second-order valence-corrected chi connectivity index (χ2v) is 5.28. The van der Waals surface area contributed by atoms with Gasteiger partial charge in [-0.15, -0.1) is 0 Å². The average molecular weight is 382 g/mol. The Balaban J connectivity index is 0.000000321. The number of imidazole rings is 2. The van der Waals surface area contributed by atoms with Crippen LogP contribution in [0.1, 0.15) is 12.1 Å². The van der Waals surface area contributed by atoms with Crippen LogP contribution in [0, 0.1) is 0 Å². The molecule has 0 aliphatic rings. The van der Waals surface area contributed by atoms with Gasteiger partial charge >= 0.3 is 12.1 Å². The zero-order valence-corrected chi connectivity index (χ0v) is 14.1. The highest BCUT2D eigenvalue weighted by atomic mass is 19.4. The number of carboxylic acid groups (broad SMARTS) is 1. The lowest BCUT2D eigenvalue weighted by molar-refractivity contribution is -0.192. The van der Waals surface area contributed by atoms with Crippen molar-refractivity contribution in [2.45, 2.75) is 19.0 Å².